The maximum Gasteiger partial charge on any atom is 0.238 e. The Bertz CT molecular complexity index is 1310. The first kappa shape index (κ1) is 19.6. The van der Waals surface area contributed by atoms with E-state index in [0.717, 1.165) is 21.2 Å². The van der Waals surface area contributed by atoms with Gasteiger partial charge in [0.1, 0.15) is 5.76 Å². The van der Waals surface area contributed by atoms with Crippen LogP contribution in [0.5, 0.6) is 0 Å². The van der Waals surface area contributed by atoms with E-state index >= 15 is 0 Å². The molecule has 1 aromatic carbocycles. The van der Waals surface area contributed by atoms with Crippen LogP contribution in [0.15, 0.2) is 52.1 Å². The number of carbonyl (C=O) groups is 2. The molecule has 2 saturated carbocycles. The SMILES string of the molecule is O=C1C2C3CC(C2C(=O)N1c1ccc(Cl)cc1)C1C(c2ccco2)c2sc(=S)[nH]c2SC31. The van der Waals surface area contributed by atoms with Crippen LogP contribution in [-0.4, -0.2) is 22.0 Å². The van der Waals surface area contributed by atoms with Gasteiger partial charge in [-0.25, -0.2) is 0 Å². The third kappa shape index (κ3) is 2.49. The van der Waals surface area contributed by atoms with Gasteiger partial charge in [-0.1, -0.05) is 11.6 Å². The molecule has 3 aromatic rings. The molecule has 2 aliphatic heterocycles. The van der Waals surface area contributed by atoms with Gasteiger partial charge in [-0.3, -0.25) is 14.5 Å². The molecule has 32 heavy (non-hydrogen) atoms. The fourth-order valence-corrected chi connectivity index (χ4v) is 10.1. The molecule has 9 heteroatoms. The first-order valence-corrected chi connectivity index (χ1v) is 13.1. The summed E-state index contributed by atoms with van der Waals surface area (Å²) in [4.78, 5) is 33.1. The van der Waals surface area contributed by atoms with Crippen molar-refractivity contribution in [3.8, 4) is 0 Å². The van der Waals surface area contributed by atoms with Crippen LogP contribution >= 0.6 is 46.9 Å². The lowest BCUT2D eigenvalue weighted by atomic mass is 9.69. The number of hydrogen-bond acceptors (Lipinski definition) is 6. The van der Waals surface area contributed by atoms with Gasteiger partial charge in [0.05, 0.1) is 34.7 Å². The van der Waals surface area contributed by atoms with Gasteiger partial charge in [0, 0.05) is 15.1 Å². The van der Waals surface area contributed by atoms with Crippen LogP contribution in [0.1, 0.15) is 23.0 Å². The number of hydrogen-bond donors (Lipinski definition) is 1. The summed E-state index contributed by atoms with van der Waals surface area (Å²) >= 11 is 14.9. The van der Waals surface area contributed by atoms with E-state index in [2.05, 4.69) is 4.98 Å². The Balaban J connectivity index is 1.32. The van der Waals surface area contributed by atoms with Crippen LogP contribution in [-0.2, 0) is 9.59 Å². The summed E-state index contributed by atoms with van der Waals surface area (Å²) in [5, 5.41) is 1.93. The standard InChI is InChI=1S/C23H17ClN2O3S3/c24-9-3-5-10(6-4-9)26-21(27)15-11-8-12(16(15)22(26)28)18-14(11)17(13-2-1-7-29-13)19-20(31-18)25-23(30)32-19/h1-7,11-12,14-18H,8H2,(H,25,30). The molecule has 162 valence electrons. The quantitative estimate of drug-likeness (QED) is 0.359. The van der Waals surface area contributed by atoms with Gasteiger partial charge in [-0.05, 0) is 72.8 Å². The van der Waals surface area contributed by atoms with E-state index in [1.807, 2.05) is 23.9 Å². The summed E-state index contributed by atoms with van der Waals surface area (Å²) in [5.41, 5.74) is 0.611. The highest BCUT2D eigenvalue weighted by atomic mass is 35.5. The van der Waals surface area contributed by atoms with E-state index in [1.165, 1.54) is 9.78 Å². The Morgan fingerprint density at radius 2 is 1.84 bits per heavy atom. The average molecular weight is 501 g/mol. The largest absolute Gasteiger partial charge is 0.469 e. The van der Waals surface area contributed by atoms with Gasteiger partial charge in [-0.2, -0.15) is 0 Å². The molecule has 7 unspecified atom stereocenters. The Morgan fingerprint density at radius 3 is 2.56 bits per heavy atom. The van der Waals surface area contributed by atoms with Gasteiger partial charge < -0.3 is 9.40 Å². The lowest BCUT2D eigenvalue weighted by Crippen LogP contribution is -2.42. The van der Waals surface area contributed by atoms with Crippen molar-refractivity contribution in [3.05, 3.63) is 62.3 Å². The zero-order valence-corrected chi connectivity index (χ0v) is 19.8. The Hall–Kier alpha value is -1.87. The molecule has 1 saturated heterocycles. The number of H-pyrrole nitrogens is 1. The number of thiazole rings is 1. The lowest BCUT2D eigenvalue weighted by molar-refractivity contribution is -0.123. The molecular weight excluding hydrogens is 484 g/mol. The smallest absolute Gasteiger partial charge is 0.238 e. The topological polar surface area (TPSA) is 66.3 Å². The molecule has 4 heterocycles. The van der Waals surface area contributed by atoms with Crippen molar-refractivity contribution in [3.63, 3.8) is 0 Å². The molecule has 0 radical (unpaired) electrons. The summed E-state index contributed by atoms with van der Waals surface area (Å²) in [6.07, 6.45) is 2.62. The number of aromatic nitrogens is 1. The van der Waals surface area contributed by atoms with E-state index in [1.54, 1.807) is 41.9 Å². The van der Waals surface area contributed by atoms with E-state index in [0.29, 0.717) is 10.7 Å². The second kappa shape index (κ2) is 6.82. The first-order valence-electron chi connectivity index (χ1n) is 10.6. The van der Waals surface area contributed by atoms with Crippen molar-refractivity contribution in [2.75, 3.05) is 4.90 Å². The van der Waals surface area contributed by atoms with Gasteiger partial charge in [-0.15, -0.1) is 23.1 Å². The third-order valence-electron chi connectivity index (χ3n) is 7.66. The number of amides is 2. The number of anilines is 1. The van der Waals surface area contributed by atoms with Gasteiger partial charge in [0.25, 0.3) is 0 Å². The molecule has 3 fully saturated rings. The maximum absolute atomic E-state index is 13.6. The Morgan fingerprint density at radius 1 is 1.09 bits per heavy atom. The number of imide groups is 1. The number of nitrogens with one attached hydrogen (secondary N) is 1. The zero-order chi connectivity index (χ0) is 21.7. The number of halogens is 1. The predicted molar refractivity (Wildman–Crippen MR) is 126 cm³/mol. The number of rotatable bonds is 2. The molecule has 1 N–H and O–H groups in total. The molecule has 2 aliphatic carbocycles. The van der Waals surface area contributed by atoms with E-state index < -0.39 is 0 Å². The second-order valence-corrected chi connectivity index (χ2v) is 12.3. The number of fused-ring (bicyclic) bond motifs is 9. The minimum atomic E-state index is -0.268. The highest BCUT2D eigenvalue weighted by Crippen LogP contribution is 2.69. The minimum Gasteiger partial charge on any atom is -0.469 e. The van der Waals surface area contributed by atoms with Crippen LogP contribution in [0, 0.1) is 33.5 Å². The predicted octanol–water partition coefficient (Wildman–Crippen LogP) is 5.73. The molecule has 2 aromatic heterocycles. The normalized spacial score (nSPS) is 34.7. The van der Waals surface area contributed by atoms with Gasteiger partial charge >= 0.3 is 0 Å². The molecule has 7 atom stereocenters. The summed E-state index contributed by atoms with van der Waals surface area (Å²) in [6.45, 7) is 0. The van der Waals surface area contributed by atoms with Crippen molar-refractivity contribution in [2.24, 2.45) is 29.6 Å². The minimum absolute atomic E-state index is 0.0625. The summed E-state index contributed by atoms with van der Waals surface area (Å²) < 4.78 is 6.65. The number of furan rings is 1. The summed E-state index contributed by atoms with van der Waals surface area (Å²) in [6, 6.07) is 10.9. The van der Waals surface area contributed by atoms with Crippen molar-refractivity contribution in [2.45, 2.75) is 22.6 Å². The van der Waals surface area contributed by atoms with Crippen LogP contribution in [0.25, 0.3) is 0 Å². The number of nitrogens with zero attached hydrogens (tertiary/aromatic N) is 1. The average Bonchev–Trinajstić information content (AvgIpc) is 3.57. The number of benzene rings is 1. The highest BCUT2D eigenvalue weighted by molar-refractivity contribution is 8.00. The number of thioether (sulfide) groups is 1. The first-order chi connectivity index (χ1) is 15.5. The van der Waals surface area contributed by atoms with Gasteiger partial charge in [0.15, 0.2) is 3.95 Å². The maximum atomic E-state index is 13.6. The van der Waals surface area contributed by atoms with E-state index in [9.17, 15) is 9.59 Å². The van der Waals surface area contributed by atoms with Crippen molar-refractivity contribution < 1.29 is 14.0 Å². The molecule has 2 bridgehead atoms. The zero-order valence-electron chi connectivity index (χ0n) is 16.6. The van der Waals surface area contributed by atoms with Crippen LogP contribution in [0.2, 0.25) is 5.02 Å². The van der Waals surface area contributed by atoms with Gasteiger partial charge in [0.2, 0.25) is 11.8 Å². The second-order valence-electron chi connectivity index (χ2n) is 8.96. The highest BCUT2D eigenvalue weighted by Gasteiger charge is 2.70. The van der Waals surface area contributed by atoms with E-state index in [4.69, 9.17) is 28.2 Å². The van der Waals surface area contributed by atoms with Crippen LogP contribution in [0.3, 0.4) is 0 Å². The van der Waals surface area contributed by atoms with E-state index in [-0.39, 0.29) is 52.6 Å². The summed E-state index contributed by atoms with van der Waals surface area (Å²) in [7, 11) is 0. The van der Waals surface area contributed by atoms with Crippen LogP contribution in [0.4, 0.5) is 5.69 Å². The van der Waals surface area contributed by atoms with Crippen molar-refractivity contribution in [1.29, 1.82) is 0 Å². The third-order valence-corrected chi connectivity index (χ3v) is 10.9. The lowest BCUT2D eigenvalue weighted by Gasteiger charge is -2.42. The Labute approximate surface area is 202 Å². The molecule has 0 spiro atoms. The molecular formula is C23H17ClN2O3S3. The fourth-order valence-electron chi connectivity index (χ4n) is 6.65. The van der Waals surface area contributed by atoms with Crippen LogP contribution < -0.4 is 4.90 Å². The number of aromatic amines is 1. The number of carbonyl (C=O) groups excluding carboxylic acids is 2. The summed E-state index contributed by atoms with van der Waals surface area (Å²) in [5.74, 6) is 0.893. The van der Waals surface area contributed by atoms with Crippen molar-refractivity contribution >= 4 is 64.4 Å². The fraction of sp³-hybridized carbons (Fsp3) is 0.348. The Kier molecular flexibility index (Phi) is 4.18. The molecule has 4 aliphatic rings. The molecule has 7 rings (SSSR count). The molecule has 2 amide bonds. The molecule has 5 nitrogen and oxygen atoms in total. The van der Waals surface area contributed by atoms with Crippen molar-refractivity contribution in [1.82, 2.24) is 4.98 Å². The monoisotopic (exact) mass is 500 g/mol.